The monoisotopic (exact) mass is 415 g/mol. The molecule has 152 valence electrons. The van der Waals surface area contributed by atoms with Gasteiger partial charge < -0.3 is 13.9 Å². The Bertz CT molecular complexity index is 1150. The van der Waals surface area contributed by atoms with E-state index in [-0.39, 0.29) is 23.2 Å². The molecule has 0 aliphatic carbocycles. The van der Waals surface area contributed by atoms with E-state index in [1.165, 1.54) is 19.4 Å². The number of ether oxygens (including phenoxy) is 1. The summed E-state index contributed by atoms with van der Waals surface area (Å²) in [6.07, 6.45) is 3.45. The van der Waals surface area contributed by atoms with E-state index >= 15 is 0 Å². The van der Waals surface area contributed by atoms with Crippen LogP contribution in [-0.4, -0.2) is 38.4 Å². The standard InChI is InChI=1S/C20H21N3O5S/c1-3-10-29(25,26)28-19-11-14(8-9-18(19)27-2)12-22-23-20(24)16-13-21-17-7-5-4-6-15(16)17/h4-9,11-13,21H,3,10H2,1-2H3,(H,23,24)/b22-12+. The number of benzene rings is 2. The number of aromatic nitrogens is 1. The van der Waals surface area contributed by atoms with Crippen LogP contribution in [0.25, 0.3) is 10.9 Å². The number of methoxy groups -OCH3 is 1. The topological polar surface area (TPSA) is 110 Å². The SMILES string of the molecule is CCCS(=O)(=O)Oc1cc(/C=N/NC(=O)c2c[nH]c3ccccc23)ccc1OC. The van der Waals surface area contributed by atoms with Crippen LogP contribution in [0.4, 0.5) is 0 Å². The van der Waals surface area contributed by atoms with Crippen LogP contribution in [0.3, 0.4) is 0 Å². The van der Waals surface area contributed by atoms with Crippen LogP contribution in [0.2, 0.25) is 0 Å². The minimum Gasteiger partial charge on any atom is -0.493 e. The number of hydrogen-bond acceptors (Lipinski definition) is 6. The molecule has 0 saturated carbocycles. The van der Waals surface area contributed by atoms with Gasteiger partial charge in [0.05, 0.1) is 24.6 Å². The predicted molar refractivity (Wildman–Crippen MR) is 111 cm³/mol. The third kappa shape index (κ3) is 4.94. The molecule has 9 heteroatoms. The average molecular weight is 415 g/mol. The van der Waals surface area contributed by atoms with Crippen molar-refractivity contribution in [2.24, 2.45) is 5.10 Å². The molecule has 1 heterocycles. The lowest BCUT2D eigenvalue weighted by Crippen LogP contribution is -2.17. The number of fused-ring (bicyclic) bond motifs is 1. The van der Waals surface area contributed by atoms with Gasteiger partial charge in [-0.05, 0) is 36.2 Å². The van der Waals surface area contributed by atoms with Crippen molar-refractivity contribution < 1.29 is 22.1 Å². The lowest BCUT2D eigenvalue weighted by molar-refractivity contribution is 0.0957. The zero-order chi connectivity index (χ0) is 20.9. The molecular weight excluding hydrogens is 394 g/mol. The molecule has 8 nitrogen and oxygen atoms in total. The van der Waals surface area contributed by atoms with Crippen molar-refractivity contribution in [3.63, 3.8) is 0 Å². The van der Waals surface area contributed by atoms with Crippen molar-refractivity contribution in [1.82, 2.24) is 10.4 Å². The van der Waals surface area contributed by atoms with E-state index in [1.54, 1.807) is 25.3 Å². The van der Waals surface area contributed by atoms with E-state index in [2.05, 4.69) is 15.5 Å². The lowest BCUT2D eigenvalue weighted by Gasteiger charge is -2.10. The van der Waals surface area contributed by atoms with Crippen LogP contribution in [-0.2, 0) is 10.1 Å². The fourth-order valence-corrected chi connectivity index (χ4v) is 3.74. The number of hydrazone groups is 1. The second-order valence-corrected chi connectivity index (χ2v) is 7.89. The van der Waals surface area contributed by atoms with E-state index in [0.717, 1.165) is 10.9 Å². The zero-order valence-corrected chi connectivity index (χ0v) is 16.8. The summed E-state index contributed by atoms with van der Waals surface area (Å²) in [5, 5.41) is 4.74. The molecule has 3 rings (SSSR count). The van der Waals surface area contributed by atoms with Gasteiger partial charge in [-0.1, -0.05) is 25.1 Å². The summed E-state index contributed by atoms with van der Waals surface area (Å²) in [6.45, 7) is 1.75. The number of carbonyl (C=O) groups is 1. The molecule has 0 bridgehead atoms. The number of H-pyrrole nitrogens is 1. The number of nitrogens with zero attached hydrogens (tertiary/aromatic N) is 1. The summed E-state index contributed by atoms with van der Waals surface area (Å²) in [7, 11) is -2.30. The third-order valence-electron chi connectivity index (χ3n) is 4.07. The lowest BCUT2D eigenvalue weighted by atomic mass is 10.2. The first-order valence-electron chi connectivity index (χ1n) is 8.93. The molecule has 3 aromatic rings. The highest BCUT2D eigenvalue weighted by Gasteiger charge is 2.15. The Balaban J connectivity index is 1.75. The summed E-state index contributed by atoms with van der Waals surface area (Å²) in [5.41, 5.74) is 4.32. The van der Waals surface area contributed by atoms with Crippen LogP contribution in [0.5, 0.6) is 11.5 Å². The highest BCUT2D eigenvalue weighted by molar-refractivity contribution is 7.87. The average Bonchev–Trinajstić information content (AvgIpc) is 3.12. The molecule has 0 fully saturated rings. The summed E-state index contributed by atoms with van der Waals surface area (Å²) < 4.78 is 34.2. The fraction of sp³-hybridized carbons (Fsp3) is 0.200. The van der Waals surface area contributed by atoms with Crippen molar-refractivity contribution >= 4 is 33.1 Å². The largest absolute Gasteiger partial charge is 0.493 e. The molecule has 0 saturated heterocycles. The van der Waals surface area contributed by atoms with Crippen molar-refractivity contribution in [1.29, 1.82) is 0 Å². The van der Waals surface area contributed by atoms with Gasteiger partial charge in [0, 0.05) is 17.1 Å². The number of nitrogens with one attached hydrogen (secondary N) is 2. The molecule has 0 unspecified atom stereocenters. The molecule has 0 aliphatic heterocycles. The predicted octanol–water partition coefficient (Wildman–Crippen LogP) is 3.06. The molecule has 0 aliphatic rings. The Kier molecular flexibility index (Phi) is 6.18. The summed E-state index contributed by atoms with van der Waals surface area (Å²) in [6, 6.07) is 12.2. The van der Waals surface area contributed by atoms with E-state index in [1.807, 2.05) is 24.3 Å². The molecule has 0 spiro atoms. The van der Waals surface area contributed by atoms with Crippen molar-refractivity contribution in [3.05, 3.63) is 59.8 Å². The van der Waals surface area contributed by atoms with Crippen LogP contribution in [0.1, 0.15) is 29.3 Å². The van der Waals surface area contributed by atoms with Crippen LogP contribution < -0.4 is 14.3 Å². The van der Waals surface area contributed by atoms with Gasteiger partial charge in [-0.25, -0.2) is 5.43 Å². The molecular formula is C20H21N3O5S. The zero-order valence-electron chi connectivity index (χ0n) is 16.0. The van der Waals surface area contributed by atoms with E-state index in [4.69, 9.17) is 8.92 Å². The molecule has 0 radical (unpaired) electrons. The van der Waals surface area contributed by atoms with Crippen molar-refractivity contribution in [2.45, 2.75) is 13.3 Å². The van der Waals surface area contributed by atoms with Gasteiger partial charge >= 0.3 is 10.1 Å². The Hall–Kier alpha value is -3.33. The van der Waals surface area contributed by atoms with Gasteiger partial charge in [0.25, 0.3) is 5.91 Å². The van der Waals surface area contributed by atoms with Gasteiger partial charge in [0.15, 0.2) is 11.5 Å². The maximum atomic E-state index is 12.4. The molecule has 0 atom stereocenters. The van der Waals surface area contributed by atoms with Gasteiger partial charge in [-0.3, -0.25) is 4.79 Å². The highest BCUT2D eigenvalue weighted by Crippen LogP contribution is 2.29. The molecule has 2 N–H and O–H groups in total. The number of para-hydroxylation sites is 1. The number of amides is 1. The van der Waals surface area contributed by atoms with E-state index in [0.29, 0.717) is 17.5 Å². The Morgan fingerprint density at radius 2 is 2.00 bits per heavy atom. The van der Waals surface area contributed by atoms with Crippen LogP contribution in [0, 0.1) is 0 Å². The summed E-state index contributed by atoms with van der Waals surface area (Å²) >= 11 is 0. The molecule has 1 amide bonds. The number of rotatable bonds is 8. The first kappa shape index (κ1) is 20.4. The number of carbonyl (C=O) groups excluding carboxylic acids is 1. The maximum Gasteiger partial charge on any atom is 0.309 e. The quantitative estimate of drug-likeness (QED) is 0.334. The molecule has 1 aromatic heterocycles. The second kappa shape index (κ2) is 8.78. The van der Waals surface area contributed by atoms with E-state index < -0.39 is 10.1 Å². The number of aromatic amines is 1. The third-order valence-corrected chi connectivity index (χ3v) is 5.41. The van der Waals surface area contributed by atoms with E-state index in [9.17, 15) is 13.2 Å². The maximum absolute atomic E-state index is 12.4. The normalized spacial score (nSPS) is 11.7. The minimum absolute atomic E-state index is 0.0628. The molecule has 2 aromatic carbocycles. The minimum atomic E-state index is -3.72. The summed E-state index contributed by atoms with van der Waals surface area (Å²) in [5.74, 6) is -0.124. The Morgan fingerprint density at radius 3 is 2.76 bits per heavy atom. The van der Waals surface area contributed by atoms with Gasteiger partial charge in [-0.2, -0.15) is 13.5 Å². The van der Waals surface area contributed by atoms with Crippen molar-refractivity contribution in [2.75, 3.05) is 12.9 Å². The first-order chi connectivity index (χ1) is 13.9. The first-order valence-corrected chi connectivity index (χ1v) is 10.5. The highest BCUT2D eigenvalue weighted by atomic mass is 32.2. The fourth-order valence-electron chi connectivity index (χ4n) is 2.75. The molecule has 29 heavy (non-hydrogen) atoms. The van der Waals surface area contributed by atoms with Gasteiger partial charge in [0.2, 0.25) is 0 Å². The summed E-state index contributed by atoms with van der Waals surface area (Å²) in [4.78, 5) is 15.4. The smallest absolute Gasteiger partial charge is 0.309 e. The van der Waals surface area contributed by atoms with Gasteiger partial charge in [-0.15, -0.1) is 0 Å². The van der Waals surface area contributed by atoms with Crippen LogP contribution >= 0.6 is 0 Å². The van der Waals surface area contributed by atoms with Crippen molar-refractivity contribution in [3.8, 4) is 11.5 Å². The van der Waals surface area contributed by atoms with Gasteiger partial charge in [0.1, 0.15) is 0 Å². The van der Waals surface area contributed by atoms with Crippen LogP contribution in [0.15, 0.2) is 53.8 Å². The number of hydrogen-bond donors (Lipinski definition) is 2. The second-order valence-electron chi connectivity index (χ2n) is 6.20. The Labute approximate surface area is 168 Å². The Morgan fingerprint density at radius 1 is 1.21 bits per heavy atom.